The van der Waals surface area contributed by atoms with Gasteiger partial charge in [-0.15, -0.1) is 0 Å². The largest absolute Gasteiger partial charge is 0.280 e. The Morgan fingerprint density at radius 2 is 1.79 bits per heavy atom. The molecule has 0 saturated carbocycles. The van der Waals surface area contributed by atoms with E-state index in [2.05, 4.69) is 5.10 Å². The van der Waals surface area contributed by atoms with E-state index >= 15 is 0 Å². The number of aromatic nitrogens is 2. The molecule has 0 aromatic carbocycles. The molecule has 1 aromatic rings. The van der Waals surface area contributed by atoms with E-state index in [1.165, 1.54) is 6.92 Å². The number of rotatable bonds is 3. The third-order valence-electron chi connectivity index (χ3n) is 1.90. The normalized spacial score (nSPS) is 14.0. The highest BCUT2D eigenvalue weighted by Gasteiger charge is 2.20. The third-order valence-corrected chi connectivity index (χ3v) is 1.90. The molecular weight excluding hydrogens is 193 g/mol. The van der Waals surface area contributed by atoms with Gasteiger partial charge in [0.25, 0.3) is 6.43 Å². The van der Waals surface area contributed by atoms with Crippen LogP contribution in [0.4, 0.5) is 13.2 Å². The number of alkyl halides is 3. The molecule has 0 fully saturated rings. The molecule has 0 N–H and O–H groups in total. The van der Waals surface area contributed by atoms with Gasteiger partial charge >= 0.3 is 0 Å². The first-order valence-electron chi connectivity index (χ1n) is 4.45. The SMILES string of the molecule is CC(F)c1cc(C(F)F)n(C(C)C)n1. The number of nitrogens with zero attached hydrogens (tertiary/aromatic N) is 2. The average molecular weight is 206 g/mol. The Labute approximate surface area is 80.7 Å². The van der Waals surface area contributed by atoms with Gasteiger partial charge in [0.15, 0.2) is 0 Å². The highest BCUT2D eigenvalue weighted by molar-refractivity contribution is 5.14. The van der Waals surface area contributed by atoms with Gasteiger partial charge in [0.05, 0.1) is 5.69 Å². The van der Waals surface area contributed by atoms with Crippen LogP contribution in [0.5, 0.6) is 0 Å². The van der Waals surface area contributed by atoms with Crippen LogP contribution in [-0.4, -0.2) is 9.78 Å². The Hall–Kier alpha value is -1.00. The predicted octanol–water partition coefficient (Wildman–Crippen LogP) is 3.43. The summed E-state index contributed by atoms with van der Waals surface area (Å²) in [7, 11) is 0. The molecule has 0 radical (unpaired) electrons. The van der Waals surface area contributed by atoms with Gasteiger partial charge in [0.2, 0.25) is 0 Å². The van der Waals surface area contributed by atoms with Gasteiger partial charge in [-0.2, -0.15) is 5.10 Å². The van der Waals surface area contributed by atoms with E-state index < -0.39 is 12.6 Å². The lowest BCUT2D eigenvalue weighted by Crippen LogP contribution is -2.08. The van der Waals surface area contributed by atoms with Crippen molar-refractivity contribution in [1.82, 2.24) is 9.78 Å². The summed E-state index contributed by atoms with van der Waals surface area (Å²) in [6, 6.07) is 0.932. The molecule has 1 atom stereocenters. The zero-order valence-corrected chi connectivity index (χ0v) is 8.34. The molecule has 1 heterocycles. The summed E-state index contributed by atoms with van der Waals surface area (Å²) in [5.74, 6) is 0. The van der Waals surface area contributed by atoms with Gasteiger partial charge in [-0.05, 0) is 26.8 Å². The van der Waals surface area contributed by atoms with Crippen molar-refractivity contribution in [3.63, 3.8) is 0 Å². The first kappa shape index (κ1) is 11.1. The average Bonchev–Trinajstić information content (AvgIpc) is 2.47. The summed E-state index contributed by atoms with van der Waals surface area (Å²) in [6.07, 6.45) is -3.93. The van der Waals surface area contributed by atoms with E-state index in [-0.39, 0.29) is 17.4 Å². The van der Waals surface area contributed by atoms with Crippen LogP contribution in [0.3, 0.4) is 0 Å². The molecule has 0 saturated heterocycles. The summed E-state index contributed by atoms with van der Waals surface area (Å²) in [5, 5.41) is 3.79. The molecule has 5 heteroatoms. The molecule has 2 nitrogen and oxygen atoms in total. The van der Waals surface area contributed by atoms with Crippen LogP contribution in [0.25, 0.3) is 0 Å². The molecule has 14 heavy (non-hydrogen) atoms. The number of hydrogen-bond donors (Lipinski definition) is 0. The minimum Gasteiger partial charge on any atom is -0.261 e. The molecule has 0 spiro atoms. The maximum absolute atomic E-state index is 12.8. The van der Waals surface area contributed by atoms with Gasteiger partial charge in [0, 0.05) is 6.04 Å². The van der Waals surface area contributed by atoms with Crippen LogP contribution >= 0.6 is 0 Å². The van der Waals surface area contributed by atoms with Crippen LogP contribution in [-0.2, 0) is 0 Å². The first-order valence-corrected chi connectivity index (χ1v) is 4.45. The summed E-state index contributed by atoms with van der Waals surface area (Å²) in [5.41, 5.74) is -0.159. The summed E-state index contributed by atoms with van der Waals surface area (Å²) < 4.78 is 39.0. The monoisotopic (exact) mass is 206 g/mol. The predicted molar refractivity (Wildman–Crippen MR) is 47.1 cm³/mol. The molecule has 1 unspecified atom stereocenters. The fraction of sp³-hybridized carbons (Fsp3) is 0.667. The quantitative estimate of drug-likeness (QED) is 0.740. The van der Waals surface area contributed by atoms with E-state index in [0.717, 1.165) is 10.7 Å². The van der Waals surface area contributed by atoms with Crippen molar-refractivity contribution in [2.45, 2.75) is 39.4 Å². The zero-order chi connectivity index (χ0) is 10.9. The molecule has 0 aliphatic rings. The first-order chi connectivity index (χ1) is 6.43. The second kappa shape index (κ2) is 4.02. The van der Waals surface area contributed by atoms with Crippen LogP contribution in [0, 0.1) is 0 Å². The van der Waals surface area contributed by atoms with Crippen LogP contribution in [0.15, 0.2) is 6.07 Å². The lowest BCUT2D eigenvalue weighted by molar-refractivity contribution is 0.137. The number of halogens is 3. The summed E-state index contributed by atoms with van der Waals surface area (Å²) >= 11 is 0. The topological polar surface area (TPSA) is 17.8 Å². The second-order valence-corrected chi connectivity index (χ2v) is 3.45. The third kappa shape index (κ3) is 2.08. The Kier molecular flexibility index (Phi) is 3.18. The van der Waals surface area contributed by atoms with Crippen molar-refractivity contribution < 1.29 is 13.2 Å². The molecule has 0 aliphatic heterocycles. The fourth-order valence-electron chi connectivity index (χ4n) is 1.20. The van der Waals surface area contributed by atoms with E-state index in [1.54, 1.807) is 13.8 Å². The molecule has 1 aromatic heterocycles. The molecule has 1 rings (SSSR count). The molecular formula is C9H13F3N2. The lowest BCUT2D eigenvalue weighted by Gasteiger charge is -2.09. The maximum Gasteiger partial charge on any atom is 0.280 e. The molecule has 0 aliphatic carbocycles. The molecule has 0 bridgehead atoms. The van der Waals surface area contributed by atoms with Crippen molar-refractivity contribution in [3.05, 3.63) is 17.5 Å². The van der Waals surface area contributed by atoms with Crippen molar-refractivity contribution in [1.29, 1.82) is 0 Å². The van der Waals surface area contributed by atoms with Gasteiger partial charge < -0.3 is 0 Å². The Morgan fingerprint density at radius 1 is 1.21 bits per heavy atom. The van der Waals surface area contributed by atoms with Crippen LogP contribution in [0.2, 0.25) is 0 Å². The highest BCUT2D eigenvalue weighted by Crippen LogP contribution is 2.26. The summed E-state index contributed by atoms with van der Waals surface area (Å²) in [6.45, 7) is 4.74. The minimum atomic E-state index is -2.61. The Morgan fingerprint density at radius 3 is 2.07 bits per heavy atom. The highest BCUT2D eigenvalue weighted by atomic mass is 19.3. The second-order valence-electron chi connectivity index (χ2n) is 3.45. The zero-order valence-electron chi connectivity index (χ0n) is 8.34. The van der Waals surface area contributed by atoms with Gasteiger partial charge in [0.1, 0.15) is 11.9 Å². The smallest absolute Gasteiger partial charge is 0.261 e. The fourth-order valence-corrected chi connectivity index (χ4v) is 1.20. The van der Waals surface area contributed by atoms with E-state index in [9.17, 15) is 13.2 Å². The van der Waals surface area contributed by atoms with Crippen LogP contribution in [0.1, 0.15) is 50.8 Å². The summed E-state index contributed by atoms with van der Waals surface area (Å²) in [4.78, 5) is 0. The number of hydrogen-bond acceptors (Lipinski definition) is 1. The Balaban J connectivity index is 3.12. The standard InChI is InChI=1S/C9H13F3N2/c1-5(2)14-8(9(11)12)4-7(13-14)6(3)10/h4-6,9H,1-3H3. The van der Waals surface area contributed by atoms with Crippen molar-refractivity contribution in [3.8, 4) is 0 Å². The van der Waals surface area contributed by atoms with Gasteiger partial charge in [-0.1, -0.05) is 0 Å². The minimum absolute atomic E-state index is 0.0639. The van der Waals surface area contributed by atoms with Gasteiger partial charge in [-0.25, -0.2) is 13.2 Å². The maximum atomic E-state index is 12.8. The van der Waals surface area contributed by atoms with Crippen molar-refractivity contribution >= 4 is 0 Å². The van der Waals surface area contributed by atoms with Crippen molar-refractivity contribution in [2.75, 3.05) is 0 Å². The van der Waals surface area contributed by atoms with Crippen LogP contribution < -0.4 is 0 Å². The molecule has 0 amide bonds. The molecule has 80 valence electrons. The lowest BCUT2D eigenvalue weighted by atomic mass is 10.3. The van der Waals surface area contributed by atoms with E-state index in [1.807, 2.05) is 0 Å². The van der Waals surface area contributed by atoms with Crippen molar-refractivity contribution in [2.24, 2.45) is 0 Å². The Bertz CT molecular complexity index is 280. The van der Waals surface area contributed by atoms with E-state index in [0.29, 0.717) is 0 Å². The van der Waals surface area contributed by atoms with E-state index in [4.69, 9.17) is 0 Å². The van der Waals surface area contributed by atoms with Gasteiger partial charge in [-0.3, -0.25) is 4.68 Å².